The Morgan fingerprint density at radius 2 is 1.76 bits per heavy atom. The fourth-order valence-corrected chi connectivity index (χ4v) is 2.09. The molecule has 1 heterocycles. The molecule has 0 aliphatic heterocycles. The molecular weight excluding hydrogens is 265 g/mol. The molecule has 0 spiro atoms. The summed E-state index contributed by atoms with van der Waals surface area (Å²) in [5, 5.41) is 1.04. The molecule has 0 atom stereocenters. The van der Waals surface area contributed by atoms with E-state index in [1.807, 2.05) is 42.5 Å². The molecule has 3 aromatic rings. The molecule has 0 saturated carbocycles. The summed E-state index contributed by atoms with van der Waals surface area (Å²) in [6.45, 7) is 0. The van der Waals surface area contributed by atoms with Crippen LogP contribution in [0, 0.1) is 5.82 Å². The maximum absolute atomic E-state index is 12.8. The van der Waals surface area contributed by atoms with Gasteiger partial charge in [0.05, 0.1) is 18.3 Å². The van der Waals surface area contributed by atoms with Crippen LogP contribution in [0.25, 0.3) is 23.1 Å². The van der Waals surface area contributed by atoms with E-state index in [-0.39, 0.29) is 5.82 Å². The first-order valence-corrected chi connectivity index (χ1v) is 6.63. The van der Waals surface area contributed by atoms with Crippen molar-refractivity contribution in [3.8, 4) is 5.75 Å². The molecule has 21 heavy (non-hydrogen) atoms. The quantitative estimate of drug-likeness (QED) is 0.701. The third-order valence-corrected chi connectivity index (χ3v) is 3.23. The highest BCUT2D eigenvalue weighted by molar-refractivity contribution is 5.82. The summed E-state index contributed by atoms with van der Waals surface area (Å²) in [5.41, 5.74) is 2.71. The van der Waals surface area contributed by atoms with Crippen LogP contribution in [-0.2, 0) is 0 Å². The molecule has 104 valence electrons. The van der Waals surface area contributed by atoms with Crippen molar-refractivity contribution in [1.29, 1.82) is 0 Å². The fourth-order valence-electron chi connectivity index (χ4n) is 2.09. The van der Waals surface area contributed by atoms with E-state index in [1.54, 1.807) is 19.2 Å². The standard InChI is InChI=1S/C18H14FNO/c1-21-17-10-11-18-14(12-17)5-9-16(20-18)8-4-13-2-6-15(19)7-3-13/h2-12H,1H3. The number of halogens is 1. The van der Waals surface area contributed by atoms with Crippen LogP contribution in [0.3, 0.4) is 0 Å². The van der Waals surface area contributed by atoms with Crippen LogP contribution >= 0.6 is 0 Å². The number of pyridine rings is 1. The van der Waals surface area contributed by atoms with Gasteiger partial charge in [-0.1, -0.05) is 24.3 Å². The van der Waals surface area contributed by atoms with Crippen LogP contribution in [0.2, 0.25) is 0 Å². The molecule has 2 aromatic carbocycles. The molecule has 0 saturated heterocycles. The van der Waals surface area contributed by atoms with Gasteiger partial charge in [-0.15, -0.1) is 0 Å². The molecule has 0 aliphatic carbocycles. The average molecular weight is 279 g/mol. The van der Waals surface area contributed by atoms with E-state index in [0.29, 0.717) is 0 Å². The summed E-state index contributed by atoms with van der Waals surface area (Å²) < 4.78 is 18.0. The molecule has 3 heteroatoms. The summed E-state index contributed by atoms with van der Waals surface area (Å²) in [7, 11) is 1.65. The molecule has 0 bridgehead atoms. The largest absolute Gasteiger partial charge is 0.497 e. The third-order valence-electron chi connectivity index (χ3n) is 3.23. The van der Waals surface area contributed by atoms with Crippen molar-refractivity contribution in [2.24, 2.45) is 0 Å². The zero-order valence-corrected chi connectivity index (χ0v) is 11.6. The molecule has 0 amide bonds. The molecule has 0 N–H and O–H groups in total. The number of ether oxygens (including phenoxy) is 1. The first kappa shape index (κ1) is 13.3. The van der Waals surface area contributed by atoms with Gasteiger partial charge < -0.3 is 4.74 Å². The van der Waals surface area contributed by atoms with Crippen molar-refractivity contribution in [1.82, 2.24) is 4.98 Å². The lowest BCUT2D eigenvalue weighted by Crippen LogP contribution is -1.86. The van der Waals surface area contributed by atoms with E-state index in [2.05, 4.69) is 4.98 Å². The highest BCUT2D eigenvalue weighted by Crippen LogP contribution is 2.20. The number of methoxy groups -OCH3 is 1. The number of fused-ring (bicyclic) bond motifs is 1. The van der Waals surface area contributed by atoms with Gasteiger partial charge in [-0.3, -0.25) is 0 Å². The Hall–Kier alpha value is -2.68. The third kappa shape index (κ3) is 3.08. The Bertz CT molecular complexity index is 794. The number of aromatic nitrogens is 1. The Kier molecular flexibility index (Phi) is 3.65. The normalized spacial score (nSPS) is 11.1. The zero-order valence-electron chi connectivity index (χ0n) is 11.6. The maximum atomic E-state index is 12.8. The van der Waals surface area contributed by atoms with E-state index in [0.717, 1.165) is 27.9 Å². The summed E-state index contributed by atoms with van der Waals surface area (Å²) in [6, 6.07) is 16.1. The first-order chi connectivity index (χ1) is 10.2. The molecular formula is C18H14FNO. The number of rotatable bonds is 3. The van der Waals surface area contributed by atoms with Gasteiger partial charge in [0.1, 0.15) is 11.6 Å². The minimum Gasteiger partial charge on any atom is -0.497 e. The van der Waals surface area contributed by atoms with Crippen LogP contribution in [-0.4, -0.2) is 12.1 Å². The minimum absolute atomic E-state index is 0.232. The van der Waals surface area contributed by atoms with Crippen LogP contribution < -0.4 is 4.74 Å². The highest BCUT2D eigenvalue weighted by Gasteiger charge is 1.98. The fraction of sp³-hybridized carbons (Fsp3) is 0.0556. The lowest BCUT2D eigenvalue weighted by atomic mass is 10.1. The van der Waals surface area contributed by atoms with Gasteiger partial charge >= 0.3 is 0 Å². The lowest BCUT2D eigenvalue weighted by molar-refractivity contribution is 0.415. The number of hydrogen-bond acceptors (Lipinski definition) is 2. The second-order valence-electron chi connectivity index (χ2n) is 4.68. The Labute approximate surface area is 122 Å². The topological polar surface area (TPSA) is 22.1 Å². The van der Waals surface area contributed by atoms with Crippen molar-refractivity contribution >= 4 is 23.1 Å². The average Bonchev–Trinajstić information content (AvgIpc) is 2.53. The molecule has 0 fully saturated rings. The molecule has 0 unspecified atom stereocenters. The van der Waals surface area contributed by atoms with Gasteiger partial charge in [0.15, 0.2) is 0 Å². The van der Waals surface area contributed by atoms with E-state index in [1.165, 1.54) is 12.1 Å². The molecule has 0 aliphatic rings. The SMILES string of the molecule is COc1ccc2nc(C=Cc3ccc(F)cc3)ccc2c1. The smallest absolute Gasteiger partial charge is 0.123 e. The Morgan fingerprint density at radius 1 is 0.952 bits per heavy atom. The van der Waals surface area contributed by atoms with E-state index in [9.17, 15) is 4.39 Å². The predicted octanol–water partition coefficient (Wildman–Crippen LogP) is 4.55. The monoisotopic (exact) mass is 279 g/mol. The highest BCUT2D eigenvalue weighted by atomic mass is 19.1. The van der Waals surface area contributed by atoms with Crippen molar-refractivity contribution in [2.45, 2.75) is 0 Å². The molecule has 2 nitrogen and oxygen atoms in total. The van der Waals surface area contributed by atoms with Crippen molar-refractivity contribution in [3.05, 3.63) is 71.7 Å². The van der Waals surface area contributed by atoms with Crippen molar-refractivity contribution < 1.29 is 9.13 Å². The summed E-state index contributed by atoms with van der Waals surface area (Å²) in [4.78, 5) is 4.57. The van der Waals surface area contributed by atoms with Gasteiger partial charge in [0.2, 0.25) is 0 Å². The Morgan fingerprint density at radius 3 is 2.52 bits per heavy atom. The van der Waals surface area contributed by atoms with Crippen molar-refractivity contribution in [2.75, 3.05) is 7.11 Å². The zero-order chi connectivity index (χ0) is 14.7. The van der Waals surface area contributed by atoms with Gasteiger partial charge in [0.25, 0.3) is 0 Å². The van der Waals surface area contributed by atoms with Crippen LogP contribution in [0.15, 0.2) is 54.6 Å². The Balaban J connectivity index is 1.88. The van der Waals surface area contributed by atoms with Gasteiger partial charge in [-0.2, -0.15) is 0 Å². The number of nitrogens with zero attached hydrogens (tertiary/aromatic N) is 1. The van der Waals surface area contributed by atoms with Gasteiger partial charge in [-0.05, 0) is 48.0 Å². The predicted molar refractivity (Wildman–Crippen MR) is 83.6 cm³/mol. The summed E-state index contributed by atoms with van der Waals surface area (Å²) in [6.07, 6.45) is 3.83. The van der Waals surface area contributed by atoms with E-state index in [4.69, 9.17) is 4.74 Å². The molecule has 1 aromatic heterocycles. The second-order valence-corrected chi connectivity index (χ2v) is 4.68. The van der Waals surface area contributed by atoms with Gasteiger partial charge in [-0.25, -0.2) is 9.37 Å². The van der Waals surface area contributed by atoms with Gasteiger partial charge in [0, 0.05) is 5.39 Å². The van der Waals surface area contributed by atoms with Crippen LogP contribution in [0.4, 0.5) is 4.39 Å². The second kappa shape index (κ2) is 5.75. The number of hydrogen-bond donors (Lipinski definition) is 0. The first-order valence-electron chi connectivity index (χ1n) is 6.63. The van der Waals surface area contributed by atoms with E-state index < -0.39 is 0 Å². The number of benzene rings is 2. The maximum Gasteiger partial charge on any atom is 0.123 e. The van der Waals surface area contributed by atoms with Crippen LogP contribution in [0.5, 0.6) is 5.75 Å². The molecule has 0 radical (unpaired) electrons. The van der Waals surface area contributed by atoms with Crippen molar-refractivity contribution in [3.63, 3.8) is 0 Å². The summed E-state index contributed by atoms with van der Waals surface area (Å²) >= 11 is 0. The lowest BCUT2D eigenvalue weighted by Gasteiger charge is -2.02. The summed E-state index contributed by atoms with van der Waals surface area (Å²) in [5.74, 6) is 0.587. The van der Waals surface area contributed by atoms with Crippen LogP contribution in [0.1, 0.15) is 11.3 Å². The van der Waals surface area contributed by atoms with E-state index >= 15 is 0 Å². The minimum atomic E-state index is -0.232. The molecule has 3 rings (SSSR count).